The van der Waals surface area contributed by atoms with E-state index >= 15 is 0 Å². The van der Waals surface area contributed by atoms with Crippen LogP contribution in [0, 0.1) is 0 Å². The lowest BCUT2D eigenvalue weighted by Crippen LogP contribution is -2.14. The molecule has 0 spiro atoms. The molecule has 8 heteroatoms. The number of benzene rings is 1. The highest BCUT2D eigenvalue weighted by Gasteiger charge is 2.11. The van der Waals surface area contributed by atoms with Gasteiger partial charge < -0.3 is 4.42 Å². The van der Waals surface area contributed by atoms with Crippen molar-refractivity contribution in [1.82, 2.24) is 15.2 Å². The number of rotatable bonds is 5. The summed E-state index contributed by atoms with van der Waals surface area (Å²) in [6, 6.07) is 10.8. The van der Waals surface area contributed by atoms with Gasteiger partial charge in [0.25, 0.3) is 0 Å². The lowest BCUT2D eigenvalue weighted by atomic mass is 10.3. The van der Waals surface area contributed by atoms with E-state index in [1.165, 1.54) is 11.8 Å². The summed E-state index contributed by atoms with van der Waals surface area (Å²) in [5.74, 6) is 0.331. The van der Waals surface area contributed by atoms with Crippen molar-refractivity contribution in [3.63, 3.8) is 0 Å². The molecule has 2 heterocycles. The molecule has 0 saturated heterocycles. The van der Waals surface area contributed by atoms with E-state index in [4.69, 9.17) is 16.0 Å². The van der Waals surface area contributed by atoms with Crippen LogP contribution in [0.1, 0.15) is 0 Å². The van der Waals surface area contributed by atoms with Crippen LogP contribution in [0.25, 0.3) is 11.5 Å². The minimum absolute atomic E-state index is 0.0681. The number of thioether (sulfide) groups is 1. The number of hydrogen-bond donors (Lipinski definition) is 1. The number of nitrogens with one attached hydrogen (secondary N) is 1. The molecule has 3 rings (SSSR count). The summed E-state index contributed by atoms with van der Waals surface area (Å²) in [4.78, 5) is 16.8. The van der Waals surface area contributed by atoms with Crippen molar-refractivity contribution in [3.8, 4) is 11.5 Å². The molecular formula is C15H11ClN4O2S. The molecule has 1 amide bonds. The highest BCUT2D eigenvalue weighted by molar-refractivity contribution is 8.00. The van der Waals surface area contributed by atoms with Crippen molar-refractivity contribution in [3.05, 3.63) is 53.8 Å². The van der Waals surface area contributed by atoms with Gasteiger partial charge in [-0.25, -0.2) is 0 Å². The Labute approximate surface area is 141 Å². The van der Waals surface area contributed by atoms with Crippen LogP contribution in [0.4, 0.5) is 6.01 Å². The van der Waals surface area contributed by atoms with Crippen molar-refractivity contribution >= 4 is 35.3 Å². The Morgan fingerprint density at radius 1 is 1.13 bits per heavy atom. The predicted octanol–water partition coefficient (Wildman–Crippen LogP) is 3.52. The average Bonchev–Trinajstić information content (AvgIpc) is 3.04. The first-order valence-corrected chi connectivity index (χ1v) is 7.99. The molecule has 0 radical (unpaired) electrons. The van der Waals surface area contributed by atoms with Gasteiger partial charge in [0.05, 0.1) is 5.75 Å². The zero-order valence-electron chi connectivity index (χ0n) is 11.8. The molecule has 116 valence electrons. The zero-order valence-corrected chi connectivity index (χ0v) is 13.3. The van der Waals surface area contributed by atoms with Crippen LogP contribution in [-0.2, 0) is 4.79 Å². The maximum Gasteiger partial charge on any atom is 0.322 e. The number of pyridine rings is 1. The second-order valence-corrected chi connectivity index (χ2v) is 5.92. The Morgan fingerprint density at radius 2 is 1.87 bits per heavy atom. The van der Waals surface area contributed by atoms with Gasteiger partial charge in [-0.2, -0.15) is 0 Å². The second kappa shape index (κ2) is 7.26. The average molecular weight is 347 g/mol. The number of carbonyl (C=O) groups excluding carboxylic acids is 1. The number of nitrogens with zero attached hydrogens (tertiary/aromatic N) is 3. The number of halogens is 1. The summed E-state index contributed by atoms with van der Waals surface area (Å²) < 4.78 is 5.40. The molecule has 0 unspecified atom stereocenters. The fraction of sp³-hybridized carbons (Fsp3) is 0.0667. The minimum atomic E-state index is -0.227. The predicted molar refractivity (Wildman–Crippen MR) is 88.3 cm³/mol. The van der Waals surface area contributed by atoms with Crippen LogP contribution < -0.4 is 5.32 Å². The van der Waals surface area contributed by atoms with Gasteiger partial charge in [-0.05, 0) is 36.4 Å². The molecule has 0 saturated carbocycles. The van der Waals surface area contributed by atoms with Gasteiger partial charge in [-0.3, -0.25) is 15.1 Å². The lowest BCUT2D eigenvalue weighted by molar-refractivity contribution is -0.113. The molecule has 2 aromatic heterocycles. The van der Waals surface area contributed by atoms with Crippen LogP contribution in [0.2, 0.25) is 5.02 Å². The number of aromatic nitrogens is 3. The Hall–Kier alpha value is -2.38. The molecule has 23 heavy (non-hydrogen) atoms. The zero-order chi connectivity index (χ0) is 16.1. The van der Waals surface area contributed by atoms with Gasteiger partial charge in [-0.15, -0.1) is 16.9 Å². The molecule has 0 aliphatic carbocycles. The molecule has 3 aromatic rings. The van der Waals surface area contributed by atoms with Crippen molar-refractivity contribution in [1.29, 1.82) is 0 Å². The molecule has 0 aliphatic rings. The van der Waals surface area contributed by atoms with Crippen LogP contribution in [0.15, 0.2) is 58.1 Å². The third-order valence-corrected chi connectivity index (χ3v) is 4.05. The Morgan fingerprint density at radius 3 is 2.61 bits per heavy atom. The molecular weight excluding hydrogens is 336 g/mol. The van der Waals surface area contributed by atoms with E-state index in [0.29, 0.717) is 10.9 Å². The summed E-state index contributed by atoms with van der Waals surface area (Å²) in [6.07, 6.45) is 3.25. The fourth-order valence-electron chi connectivity index (χ4n) is 1.72. The summed E-state index contributed by atoms with van der Waals surface area (Å²) in [5.41, 5.74) is 0.739. The monoisotopic (exact) mass is 346 g/mol. The van der Waals surface area contributed by atoms with Gasteiger partial charge in [0.2, 0.25) is 11.8 Å². The van der Waals surface area contributed by atoms with Crippen LogP contribution >= 0.6 is 23.4 Å². The minimum Gasteiger partial charge on any atom is -0.403 e. The number of amides is 1. The van der Waals surface area contributed by atoms with E-state index in [-0.39, 0.29) is 17.7 Å². The topological polar surface area (TPSA) is 80.9 Å². The van der Waals surface area contributed by atoms with E-state index in [2.05, 4.69) is 20.5 Å². The van der Waals surface area contributed by atoms with E-state index in [1.54, 1.807) is 36.7 Å². The van der Waals surface area contributed by atoms with E-state index in [0.717, 1.165) is 10.5 Å². The fourth-order valence-corrected chi connectivity index (χ4v) is 2.54. The molecule has 0 atom stereocenters. The first-order chi connectivity index (χ1) is 11.2. The van der Waals surface area contributed by atoms with Crippen LogP contribution in [-0.4, -0.2) is 26.8 Å². The smallest absolute Gasteiger partial charge is 0.322 e. The lowest BCUT2D eigenvalue weighted by Gasteiger charge is -2.01. The Kier molecular flexibility index (Phi) is 4.89. The highest BCUT2D eigenvalue weighted by atomic mass is 35.5. The number of anilines is 1. The van der Waals surface area contributed by atoms with Crippen molar-refractivity contribution in [2.75, 3.05) is 11.1 Å². The standard InChI is InChI=1S/C15H11ClN4O2S/c16-11-1-3-12(4-2-11)23-9-13(21)18-15-20-19-14(22-15)10-5-7-17-8-6-10/h1-8H,9H2,(H,18,20,21). The van der Waals surface area contributed by atoms with Gasteiger partial charge in [0.1, 0.15) is 0 Å². The molecule has 0 fully saturated rings. The quantitative estimate of drug-likeness (QED) is 0.712. The van der Waals surface area contributed by atoms with Crippen LogP contribution in [0.5, 0.6) is 0 Å². The Bertz CT molecular complexity index is 793. The van der Waals surface area contributed by atoms with E-state index in [1.807, 2.05) is 12.1 Å². The first-order valence-electron chi connectivity index (χ1n) is 6.63. The van der Waals surface area contributed by atoms with Gasteiger partial charge in [-0.1, -0.05) is 16.7 Å². The van der Waals surface area contributed by atoms with E-state index in [9.17, 15) is 4.79 Å². The Balaban J connectivity index is 1.56. The third-order valence-electron chi connectivity index (χ3n) is 2.78. The number of hydrogen-bond acceptors (Lipinski definition) is 6. The summed E-state index contributed by atoms with van der Waals surface area (Å²) >= 11 is 7.21. The van der Waals surface area contributed by atoms with Crippen molar-refractivity contribution < 1.29 is 9.21 Å². The van der Waals surface area contributed by atoms with Gasteiger partial charge >= 0.3 is 6.01 Å². The molecule has 6 nitrogen and oxygen atoms in total. The molecule has 1 N–H and O–H groups in total. The van der Waals surface area contributed by atoms with Crippen molar-refractivity contribution in [2.45, 2.75) is 4.90 Å². The maximum atomic E-state index is 11.9. The number of carbonyl (C=O) groups is 1. The summed E-state index contributed by atoms with van der Waals surface area (Å²) in [7, 11) is 0. The first kappa shape index (κ1) is 15.5. The van der Waals surface area contributed by atoms with Crippen molar-refractivity contribution in [2.24, 2.45) is 0 Å². The third kappa shape index (κ3) is 4.30. The van der Waals surface area contributed by atoms with E-state index < -0.39 is 0 Å². The van der Waals surface area contributed by atoms with Gasteiger partial charge in [0, 0.05) is 27.9 Å². The molecule has 1 aromatic carbocycles. The largest absolute Gasteiger partial charge is 0.403 e. The summed E-state index contributed by atoms with van der Waals surface area (Å²) in [6.45, 7) is 0. The van der Waals surface area contributed by atoms with Crippen LogP contribution in [0.3, 0.4) is 0 Å². The second-order valence-electron chi connectivity index (χ2n) is 4.44. The molecule has 0 bridgehead atoms. The maximum absolute atomic E-state index is 11.9. The molecule has 0 aliphatic heterocycles. The highest BCUT2D eigenvalue weighted by Crippen LogP contribution is 2.21. The van der Waals surface area contributed by atoms with Gasteiger partial charge in [0.15, 0.2) is 0 Å². The summed E-state index contributed by atoms with van der Waals surface area (Å²) in [5, 5.41) is 10.9. The SMILES string of the molecule is O=C(CSc1ccc(Cl)cc1)Nc1nnc(-c2ccncc2)o1. The normalized spacial score (nSPS) is 10.5.